The van der Waals surface area contributed by atoms with Crippen LogP contribution in [0.1, 0.15) is 6.42 Å². The second kappa shape index (κ2) is 7.40. The maximum Gasteiger partial charge on any atom is 0.349 e. The average Bonchev–Trinajstić information content (AvgIpc) is 2.50. The molecular weight excluding hydrogens is 369 g/mol. The van der Waals surface area contributed by atoms with Crippen LogP contribution < -0.4 is 0 Å². The maximum absolute atomic E-state index is 13.7. The molecule has 3 unspecified atom stereocenters. The van der Waals surface area contributed by atoms with E-state index in [1.807, 2.05) is 0 Å². The second-order valence-electron chi connectivity index (χ2n) is 4.59. The van der Waals surface area contributed by atoms with Crippen molar-refractivity contribution in [1.82, 2.24) is 0 Å². The predicted octanol–water partition coefficient (Wildman–Crippen LogP) is 4.23. The van der Waals surface area contributed by atoms with Crippen LogP contribution >= 0.6 is 0 Å². The molecule has 24 heavy (non-hydrogen) atoms. The fourth-order valence-electron chi connectivity index (χ4n) is 1.55. The first-order chi connectivity index (χ1) is 10.7. The first-order valence-electron chi connectivity index (χ1n) is 5.78. The van der Waals surface area contributed by atoms with Crippen molar-refractivity contribution in [2.45, 2.75) is 49.6 Å². The van der Waals surface area contributed by atoms with Crippen LogP contribution in [-0.4, -0.2) is 43.2 Å². The third kappa shape index (κ3) is 3.82. The van der Waals surface area contributed by atoms with Crippen LogP contribution in [0, 0.1) is 28.1 Å². The summed E-state index contributed by atoms with van der Waals surface area (Å²) in [5.41, 5.74) is -4.09. The smallest absolute Gasteiger partial charge is 0.241 e. The summed E-state index contributed by atoms with van der Waals surface area (Å²) >= 11 is 0. The van der Waals surface area contributed by atoms with Gasteiger partial charge in [0.15, 0.2) is 11.6 Å². The molecule has 0 rings (SSSR count). The normalized spacial score (nSPS) is 17.3. The van der Waals surface area contributed by atoms with E-state index in [0.29, 0.717) is 12.1 Å². The number of hydrogen-bond acceptors (Lipinski definition) is 2. The summed E-state index contributed by atoms with van der Waals surface area (Å²) in [5, 5.41) is 17.0. The van der Waals surface area contributed by atoms with Crippen molar-refractivity contribution >= 4 is 0 Å². The van der Waals surface area contributed by atoms with Crippen LogP contribution in [0.5, 0.6) is 0 Å². The zero-order valence-electron chi connectivity index (χ0n) is 11.1. The summed E-state index contributed by atoms with van der Waals surface area (Å²) in [6.07, 6.45) is -24.1. The maximum atomic E-state index is 13.7. The lowest BCUT2D eigenvalue weighted by atomic mass is 9.76. The average molecular weight is 376 g/mol. The fourth-order valence-corrected chi connectivity index (χ4v) is 1.55. The highest BCUT2D eigenvalue weighted by Gasteiger charge is 2.73. The fraction of sp³-hybridized carbons (Fsp3) is 0.818. The topological polar surface area (TPSA) is 47.6 Å². The molecule has 3 atom stereocenters. The second-order valence-corrected chi connectivity index (χ2v) is 4.59. The molecule has 0 fully saturated rings. The summed E-state index contributed by atoms with van der Waals surface area (Å²) in [6.45, 7) is 0. The van der Waals surface area contributed by atoms with E-state index in [1.54, 1.807) is 0 Å². The summed E-state index contributed by atoms with van der Waals surface area (Å²) in [6, 6.07) is 0.729. The summed E-state index contributed by atoms with van der Waals surface area (Å²) in [5.74, 6) is -12.8. The molecule has 0 aromatic carbocycles. The summed E-state index contributed by atoms with van der Waals surface area (Å²) in [4.78, 5) is 0. The standard InChI is InChI=1S/C11H7F11N2/c12-4(6(14)15)1-9(2-23,3-24)8(18)11(21,22)10(19,20)5(13)7(16)17/h4-8H,1H2. The first-order valence-corrected chi connectivity index (χ1v) is 5.78. The molecule has 0 saturated heterocycles. The van der Waals surface area contributed by atoms with Gasteiger partial charge in [-0.1, -0.05) is 0 Å². The largest absolute Gasteiger partial charge is 0.349 e. The van der Waals surface area contributed by atoms with Gasteiger partial charge in [-0.15, -0.1) is 0 Å². The van der Waals surface area contributed by atoms with E-state index in [0.717, 1.165) is 0 Å². The monoisotopic (exact) mass is 376 g/mol. The molecule has 0 saturated carbocycles. The lowest BCUT2D eigenvalue weighted by Crippen LogP contribution is -2.59. The highest BCUT2D eigenvalue weighted by atomic mass is 19.3. The summed E-state index contributed by atoms with van der Waals surface area (Å²) in [7, 11) is 0. The van der Waals surface area contributed by atoms with E-state index in [9.17, 15) is 48.3 Å². The molecule has 0 aromatic heterocycles. The van der Waals surface area contributed by atoms with Crippen LogP contribution in [0.3, 0.4) is 0 Å². The Labute approximate surface area is 127 Å². The van der Waals surface area contributed by atoms with Gasteiger partial charge in [0.25, 0.3) is 12.9 Å². The van der Waals surface area contributed by atoms with Gasteiger partial charge in [0.1, 0.15) is 0 Å². The number of nitrogens with zero attached hydrogens (tertiary/aromatic N) is 2. The molecule has 0 radical (unpaired) electrons. The lowest BCUT2D eigenvalue weighted by Gasteiger charge is -2.35. The predicted molar refractivity (Wildman–Crippen MR) is 54.9 cm³/mol. The Morgan fingerprint density at radius 1 is 0.708 bits per heavy atom. The van der Waals surface area contributed by atoms with Crippen molar-refractivity contribution in [2.75, 3.05) is 0 Å². The molecule has 0 bridgehead atoms. The molecule has 138 valence electrons. The van der Waals surface area contributed by atoms with E-state index in [-0.39, 0.29) is 0 Å². The first kappa shape index (κ1) is 22.2. The molecule has 0 spiro atoms. The number of rotatable bonds is 8. The van der Waals surface area contributed by atoms with Crippen LogP contribution in [0.2, 0.25) is 0 Å². The van der Waals surface area contributed by atoms with Crippen molar-refractivity contribution in [1.29, 1.82) is 10.5 Å². The minimum absolute atomic E-state index is 0.364. The number of nitriles is 2. The SMILES string of the molecule is N#CC(C#N)(CC(F)C(F)F)C(F)C(F)(F)C(F)(F)C(F)C(F)F. The molecule has 0 heterocycles. The third-order valence-corrected chi connectivity index (χ3v) is 2.95. The van der Waals surface area contributed by atoms with Crippen molar-refractivity contribution in [3.05, 3.63) is 0 Å². The minimum atomic E-state index is -6.41. The van der Waals surface area contributed by atoms with E-state index in [4.69, 9.17) is 10.5 Å². The molecule has 0 aliphatic rings. The molecule has 0 aliphatic heterocycles. The molecule has 0 N–H and O–H groups in total. The van der Waals surface area contributed by atoms with Crippen molar-refractivity contribution in [3.8, 4) is 12.1 Å². The molecule has 0 amide bonds. The van der Waals surface area contributed by atoms with Gasteiger partial charge in [0, 0.05) is 6.42 Å². The Kier molecular flexibility index (Phi) is 6.85. The van der Waals surface area contributed by atoms with Crippen LogP contribution in [0.15, 0.2) is 0 Å². The molecule has 2 nitrogen and oxygen atoms in total. The van der Waals surface area contributed by atoms with Gasteiger partial charge in [0.05, 0.1) is 12.1 Å². The Bertz CT molecular complexity index is 493. The Morgan fingerprint density at radius 2 is 1.12 bits per heavy atom. The minimum Gasteiger partial charge on any atom is -0.241 e. The van der Waals surface area contributed by atoms with Gasteiger partial charge in [-0.05, 0) is 0 Å². The van der Waals surface area contributed by atoms with Gasteiger partial charge in [-0.3, -0.25) is 0 Å². The van der Waals surface area contributed by atoms with Gasteiger partial charge in [0.2, 0.25) is 12.3 Å². The van der Waals surface area contributed by atoms with Crippen LogP contribution in [0.4, 0.5) is 48.3 Å². The Morgan fingerprint density at radius 3 is 1.42 bits per heavy atom. The van der Waals surface area contributed by atoms with Crippen LogP contribution in [0.25, 0.3) is 0 Å². The molecule has 13 heteroatoms. The van der Waals surface area contributed by atoms with Gasteiger partial charge in [-0.2, -0.15) is 28.1 Å². The van der Waals surface area contributed by atoms with Crippen LogP contribution in [-0.2, 0) is 0 Å². The van der Waals surface area contributed by atoms with E-state index in [2.05, 4.69) is 0 Å². The summed E-state index contributed by atoms with van der Waals surface area (Å²) < 4.78 is 140. The molecule has 0 aromatic rings. The Hall–Kier alpha value is -1.79. The van der Waals surface area contributed by atoms with Gasteiger partial charge >= 0.3 is 11.8 Å². The van der Waals surface area contributed by atoms with E-state index >= 15 is 0 Å². The zero-order valence-corrected chi connectivity index (χ0v) is 11.1. The number of hydrogen-bond donors (Lipinski definition) is 0. The molecular formula is C11H7F11N2. The molecule has 0 aliphatic carbocycles. The van der Waals surface area contributed by atoms with Gasteiger partial charge < -0.3 is 0 Å². The highest BCUT2D eigenvalue weighted by molar-refractivity contribution is 5.22. The highest BCUT2D eigenvalue weighted by Crippen LogP contribution is 2.49. The van der Waals surface area contributed by atoms with Crippen molar-refractivity contribution in [3.63, 3.8) is 0 Å². The van der Waals surface area contributed by atoms with E-state index < -0.39 is 55.0 Å². The van der Waals surface area contributed by atoms with Gasteiger partial charge in [-0.25, -0.2) is 30.7 Å². The Balaban J connectivity index is 5.93. The number of alkyl halides is 11. The third-order valence-electron chi connectivity index (χ3n) is 2.95. The number of halogens is 11. The van der Waals surface area contributed by atoms with E-state index in [1.165, 1.54) is 0 Å². The van der Waals surface area contributed by atoms with Crippen molar-refractivity contribution < 1.29 is 48.3 Å². The quantitative estimate of drug-likeness (QED) is 0.596. The zero-order chi connectivity index (χ0) is 19.5. The lowest BCUT2D eigenvalue weighted by molar-refractivity contribution is -0.287. The van der Waals surface area contributed by atoms with Crippen molar-refractivity contribution in [2.24, 2.45) is 5.41 Å².